The van der Waals surface area contributed by atoms with Gasteiger partial charge in [-0.3, -0.25) is 0 Å². The molecule has 0 aliphatic carbocycles. The fraction of sp³-hybridized carbons (Fsp3) is 0.408. The molecule has 0 atom stereocenters. The average molecular weight is 1420 g/mol. The molecule has 3 fully saturated rings. The first kappa shape index (κ1) is 67.8. The zero-order valence-electron chi connectivity index (χ0n) is 52.0. The molecule has 3 aliphatic rings. The number of nitrogens with zero attached hydrogens (tertiary/aromatic N) is 2. The van der Waals surface area contributed by atoms with Crippen molar-refractivity contribution in [2.24, 2.45) is 5.41 Å². The second-order valence-electron chi connectivity index (χ2n) is 24.7. The fourth-order valence-corrected chi connectivity index (χ4v) is 11.0. The summed E-state index contributed by atoms with van der Waals surface area (Å²) in [6.07, 6.45) is 9.35. The highest BCUT2D eigenvalue weighted by Crippen LogP contribution is 2.41. The van der Waals surface area contributed by atoms with Gasteiger partial charge in [0.15, 0.2) is 0 Å². The summed E-state index contributed by atoms with van der Waals surface area (Å²) in [7, 11) is -0.779. The number of unbranched alkanes of at least 4 members (excludes halogenated alkanes) is 4. The van der Waals surface area contributed by atoms with Crippen LogP contribution in [0, 0.1) is 5.41 Å². The van der Waals surface area contributed by atoms with Crippen LogP contribution in [0.25, 0.3) is 0 Å². The first-order chi connectivity index (χ1) is 41.1. The molecule has 9 nitrogen and oxygen atoms in total. The van der Waals surface area contributed by atoms with E-state index in [1.165, 1.54) is 36.8 Å². The maximum Gasteiger partial charge on any atom is 0.494 e. The van der Waals surface area contributed by atoms with Crippen LogP contribution in [0.3, 0.4) is 0 Å². The molecule has 0 bridgehead atoms. The van der Waals surface area contributed by atoms with Crippen molar-refractivity contribution in [1.29, 1.82) is 0 Å². The highest BCUT2D eigenvalue weighted by atomic mass is 79.9. The molecule has 0 amide bonds. The summed E-state index contributed by atoms with van der Waals surface area (Å²) in [5, 5.41) is 0. The van der Waals surface area contributed by atoms with Crippen molar-refractivity contribution in [2.75, 3.05) is 42.8 Å². The van der Waals surface area contributed by atoms with E-state index in [2.05, 4.69) is 313 Å². The van der Waals surface area contributed by atoms with Gasteiger partial charge < -0.3 is 42.6 Å². The second-order valence-corrected chi connectivity index (χ2v) is 28.4. The predicted octanol–water partition coefficient (Wildman–Crippen LogP) is 19.5. The minimum absolute atomic E-state index is 0.320. The van der Waals surface area contributed by atoms with Crippen LogP contribution in [-0.4, -0.2) is 69.7 Å². The molecular formula is C71H86B2Br4N2O7. The highest BCUT2D eigenvalue weighted by Gasteiger charge is 2.53. The zero-order chi connectivity index (χ0) is 61.5. The number of halogens is 4. The summed E-state index contributed by atoms with van der Waals surface area (Å²) in [6, 6.07) is 59.2. The van der Waals surface area contributed by atoms with Crippen LogP contribution >= 0.6 is 63.7 Å². The highest BCUT2D eigenvalue weighted by molar-refractivity contribution is 9.11. The molecule has 3 saturated heterocycles. The number of benzene rings is 7. The Morgan fingerprint density at radius 2 is 0.709 bits per heavy atom. The van der Waals surface area contributed by atoms with Crippen LogP contribution in [0.15, 0.2) is 188 Å². The molecule has 86 heavy (non-hydrogen) atoms. The topological polar surface area (TPSA) is 71.1 Å². The van der Waals surface area contributed by atoms with Crippen molar-refractivity contribution < 1.29 is 32.8 Å². The quantitative estimate of drug-likeness (QED) is 0.0460. The molecule has 0 unspecified atom stereocenters. The monoisotopic (exact) mass is 1420 g/mol. The van der Waals surface area contributed by atoms with E-state index in [0.717, 1.165) is 122 Å². The maximum atomic E-state index is 6.30. The van der Waals surface area contributed by atoms with Crippen molar-refractivity contribution >= 4 is 123 Å². The third-order valence-electron chi connectivity index (χ3n) is 17.1. The van der Waals surface area contributed by atoms with Crippen molar-refractivity contribution in [3.63, 3.8) is 0 Å². The predicted molar refractivity (Wildman–Crippen MR) is 372 cm³/mol. The molecule has 7 aromatic carbocycles. The first-order valence-electron chi connectivity index (χ1n) is 30.5. The first-order valence-corrected chi connectivity index (χ1v) is 33.6. The number of hydrogen-bond donors (Lipinski definition) is 0. The van der Waals surface area contributed by atoms with E-state index in [1.807, 2.05) is 0 Å². The summed E-state index contributed by atoms with van der Waals surface area (Å²) >= 11 is 13.9. The summed E-state index contributed by atoms with van der Waals surface area (Å²) in [5.41, 5.74) is 10.0. The summed E-state index contributed by atoms with van der Waals surface area (Å²) < 4.78 is 46.3. The number of hydrogen-bond acceptors (Lipinski definition) is 9. The number of ether oxygens (including phenoxy) is 3. The molecule has 7 aromatic rings. The van der Waals surface area contributed by atoms with Crippen LogP contribution in [0.1, 0.15) is 125 Å². The number of rotatable bonds is 23. The van der Waals surface area contributed by atoms with Gasteiger partial charge in [0.25, 0.3) is 0 Å². The van der Waals surface area contributed by atoms with Gasteiger partial charge in [0.1, 0.15) is 0 Å². The Kier molecular flexibility index (Phi) is 24.5. The van der Waals surface area contributed by atoms with Crippen molar-refractivity contribution in [1.82, 2.24) is 0 Å². The van der Waals surface area contributed by atoms with Crippen LogP contribution < -0.4 is 20.7 Å². The van der Waals surface area contributed by atoms with E-state index in [4.69, 9.17) is 32.8 Å². The summed E-state index contributed by atoms with van der Waals surface area (Å²) in [6.45, 7) is 26.2. The Bertz CT molecular complexity index is 2940. The van der Waals surface area contributed by atoms with Gasteiger partial charge in [-0.25, -0.2) is 0 Å². The van der Waals surface area contributed by atoms with Crippen molar-refractivity contribution in [3.8, 4) is 0 Å². The zero-order valence-corrected chi connectivity index (χ0v) is 58.3. The molecule has 15 heteroatoms. The Labute approximate surface area is 548 Å². The molecule has 456 valence electrons. The van der Waals surface area contributed by atoms with E-state index >= 15 is 0 Å². The van der Waals surface area contributed by atoms with Gasteiger partial charge in [0, 0.05) is 70.6 Å². The third-order valence-corrected chi connectivity index (χ3v) is 19.2. The van der Waals surface area contributed by atoms with Crippen molar-refractivity contribution in [2.45, 2.75) is 150 Å². The Morgan fingerprint density at radius 3 is 1.03 bits per heavy atom. The van der Waals surface area contributed by atoms with Gasteiger partial charge in [-0.15, -0.1) is 0 Å². The van der Waals surface area contributed by atoms with Crippen LogP contribution in [0.5, 0.6) is 0 Å². The molecule has 0 saturated carbocycles. The second kappa shape index (κ2) is 31.1. The van der Waals surface area contributed by atoms with Crippen molar-refractivity contribution in [3.05, 3.63) is 199 Å². The average Bonchev–Trinajstić information content (AvgIpc) is 1.69. The molecule has 0 N–H and O–H groups in total. The van der Waals surface area contributed by atoms with Crippen LogP contribution in [-0.2, 0) is 45.9 Å². The Morgan fingerprint density at radius 1 is 0.395 bits per heavy atom. The normalized spacial score (nSPS) is 16.8. The lowest BCUT2D eigenvalue weighted by Gasteiger charge is -2.40. The van der Waals surface area contributed by atoms with Gasteiger partial charge in [-0.05, 0) is 231 Å². The minimum atomic E-state index is -0.389. The van der Waals surface area contributed by atoms with Crippen LogP contribution in [0.4, 0.5) is 34.1 Å². The van der Waals surface area contributed by atoms with Crippen LogP contribution in [0.2, 0.25) is 0 Å². The van der Waals surface area contributed by atoms with Gasteiger partial charge in [0.2, 0.25) is 0 Å². The summed E-state index contributed by atoms with van der Waals surface area (Å²) in [4.78, 5) is 4.51. The molecular weight excluding hydrogens is 1330 g/mol. The lowest BCUT2D eigenvalue weighted by Crippen LogP contribution is -2.45. The Balaban J connectivity index is 0.000000181. The van der Waals surface area contributed by atoms with Gasteiger partial charge in [-0.1, -0.05) is 145 Å². The number of anilines is 6. The fourth-order valence-electron chi connectivity index (χ4n) is 9.98. The molecule has 3 heterocycles. The van der Waals surface area contributed by atoms with E-state index in [-0.39, 0.29) is 36.6 Å². The Hall–Kier alpha value is -4.09. The largest absolute Gasteiger partial charge is 0.494 e. The third kappa shape index (κ3) is 18.3. The van der Waals surface area contributed by atoms with E-state index < -0.39 is 0 Å². The molecule has 0 spiro atoms. The standard InChI is InChI=1S/C34H45B2NO4.C19H29BrO3.C18H12Br3N/c1-10-11-12-25-13-19-28(20-14-25)37(29-21-15-26(16-22-29)35-38-31(2,3)32(4,5)39-35)30-23-17-27(18-24-30)36-40-33(6,7)34(8,9)41-36;1-2-19(15-23-16-19)14-22-12-6-4-3-5-11-21-13-17-7-9-18(20)10-8-17;19-13-1-7-16(8-2-13)22(17-9-3-14(20)4-10-17)18-11-5-15(21)6-12-18/h13-24H,10-12H2,1-9H3;7-10H,2-6,11-16H2,1H3;1-12H. The minimum Gasteiger partial charge on any atom is -0.399 e. The maximum absolute atomic E-state index is 6.30. The lowest BCUT2D eigenvalue weighted by molar-refractivity contribution is -0.150. The van der Waals surface area contributed by atoms with E-state index in [0.29, 0.717) is 12.0 Å². The van der Waals surface area contributed by atoms with E-state index in [1.54, 1.807) is 0 Å². The van der Waals surface area contributed by atoms with E-state index in [9.17, 15) is 0 Å². The molecule has 0 aromatic heterocycles. The molecule has 3 aliphatic heterocycles. The molecule has 10 rings (SSSR count). The lowest BCUT2D eigenvalue weighted by atomic mass is 9.79. The molecule has 0 radical (unpaired) electrons. The van der Waals surface area contributed by atoms with Gasteiger partial charge in [0.05, 0.1) is 48.8 Å². The SMILES string of the molecule is Brc1ccc(N(c2ccc(Br)cc2)c2ccc(Br)cc2)cc1.CCC1(COCCCCCCOCc2ccc(Br)cc2)COC1.CCCCc1ccc(N(c2ccc(B3OC(C)(C)C(C)(C)O3)cc2)c2ccc(B3OC(C)(C)C(C)(C)O3)cc2)cc1. The smallest absolute Gasteiger partial charge is 0.399 e. The van der Waals surface area contributed by atoms with Gasteiger partial charge >= 0.3 is 14.2 Å². The van der Waals surface area contributed by atoms with Gasteiger partial charge in [-0.2, -0.15) is 0 Å². The number of aryl methyl sites for hydroxylation is 1. The summed E-state index contributed by atoms with van der Waals surface area (Å²) in [5.74, 6) is 0.